The van der Waals surface area contributed by atoms with Gasteiger partial charge in [-0.3, -0.25) is 0 Å². The van der Waals surface area contributed by atoms with Crippen LogP contribution in [0.5, 0.6) is 0 Å². The first-order chi connectivity index (χ1) is 12.5. The molecular formula is C22H28NO3+. The Morgan fingerprint density at radius 2 is 1.65 bits per heavy atom. The number of hydrogen-bond acceptors (Lipinski definition) is 3. The summed E-state index contributed by atoms with van der Waals surface area (Å²) in [6.45, 7) is 5.07. The Morgan fingerprint density at radius 3 is 2.15 bits per heavy atom. The number of quaternary nitrogens is 1. The number of nitrogens with zero attached hydrogens (tertiary/aromatic N) is 1. The highest BCUT2D eigenvalue weighted by Crippen LogP contribution is 2.32. The molecule has 2 aromatic rings. The van der Waals surface area contributed by atoms with Crippen LogP contribution in [0.2, 0.25) is 0 Å². The van der Waals surface area contributed by atoms with E-state index in [1.807, 2.05) is 36.4 Å². The molecule has 2 atom stereocenters. The highest BCUT2D eigenvalue weighted by Gasteiger charge is 2.44. The zero-order valence-corrected chi connectivity index (χ0v) is 15.6. The Morgan fingerprint density at radius 1 is 1.12 bits per heavy atom. The van der Waals surface area contributed by atoms with E-state index in [1.54, 1.807) is 24.3 Å². The van der Waals surface area contributed by atoms with Crippen LogP contribution in [0, 0.1) is 0 Å². The summed E-state index contributed by atoms with van der Waals surface area (Å²) in [5.74, 6) is -0.593. The summed E-state index contributed by atoms with van der Waals surface area (Å²) < 4.78 is 6.75. The molecular weight excluding hydrogens is 326 g/mol. The lowest BCUT2D eigenvalue weighted by atomic mass is 9.86. The first-order valence-electron chi connectivity index (χ1n) is 9.36. The topological polar surface area (TPSA) is 46.5 Å². The van der Waals surface area contributed by atoms with Crippen molar-refractivity contribution in [3.05, 3.63) is 71.8 Å². The summed E-state index contributed by atoms with van der Waals surface area (Å²) in [5, 5.41) is 11.5. The molecule has 0 saturated carbocycles. The van der Waals surface area contributed by atoms with Crippen molar-refractivity contribution in [2.75, 3.05) is 26.7 Å². The van der Waals surface area contributed by atoms with Crippen LogP contribution in [0.3, 0.4) is 0 Å². The van der Waals surface area contributed by atoms with Gasteiger partial charge in [0, 0.05) is 6.42 Å². The number of hydrogen-bond donors (Lipinski definition) is 1. The smallest absolute Gasteiger partial charge is 0.348 e. The van der Waals surface area contributed by atoms with Gasteiger partial charge in [0.1, 0.15) is 6.54 Å². The Balaban J connectivity index is 1.89. The minimum absolute atomic E-state index is 0.167. The lowest BCUT2D eigenvalue weighted by Gasteiger charge is -2.41. The molecule has 3 rings (SSSR count). The fourth-order valence-corrected chi connectivity index (χ4v) is 3.76. The zero-order chi connectivity index (χ0) is 18.6. The van der Waals surface area contributed by atoms with E-state index >= 15 is 0 Å². The zero-order valence-electron chi connectivity index (χ0n) is 15.6. The lowest BCUT2D eigenvalue weighted by Crippen LogP contribution is -2.54. The maximum atomic E-state index is 13.2. The van der Waals surface area contributed by atoms with Crippen LogP contribution in [-0.2, 0) is 15.1 Å². The molecule has 1 aliphatic heterocycles. The number of likely N-dealkylation sites (N-methyl/N-ethyl adjacent to an activating group) is 1. The molecule has 4 nitrogen and oxygen atoms in total. The van der Waals surface area contributed by atoms with Crippen molar-refractivity contribution >= 4 is 5.97 Å². The van der Waals surface area contributed by atoms with E-state index < -0.39 is 11.6 Å². The number of likely N-dealkylation sites (tertiary alicyclic amines) is 1. The van der Waals surface area contributed by atoms with Gasteiger partial charge in [0.05, 0.1) is 20.1 Å². The monoisotopic (exact) mass is 354 g/mol. The van der Waals surface area contributed by atoms with Gasteiger partial charge in [-0.2, -0.15) is 0 Å². The first-order valence-corrected chi connectivity index (χ1v) is 9.36. The molecule has 1 saturated heterocycles. The normalized spacial score (nSPS) is 23.4. The number of benzene rings is 2. The molecule has 1 N–H and O–H groups in total. The van der Waals surface area contributed by atoms with E-state index in [4.69, 9.17) is 4.74 Å². The molecule has 0 spiro atoms. The van der Waals surface area contributed by atoms with Gasteiger partial charge in [0.25, 0.3) is 0 Å². The molecule has 4 heteroatoms. The third-order valence-corrected chi connectivity index (χ3v) is 5.58. The molecule has 0 aliphatic carbocycles. The van der Waals surface area contributed by atoms with Crippen LogP contribution in [0.15, 0.2) is 60.7 Å². The molecule has 2 aromatic carbocycles. The average Bonchev–Trinajstić information content (AvgIpc) is 2.68. The Hall–Kier alpha value is -2.17. The number of aliphatic hydroxyl groups is 1. The molecule has 0 unspecified atom stereocenters. The minimum Gasteiger partial charge on any atom is -0.454 e. The van der Waals surface area contributed by atoms with Gasteiger partial charge in [-0.1, -0.05) is 60.7 Å². The Kier molecular flexibility index (Phi) is 5.44. The quantitative estimate of drug-likeness (QED) is 0.663. The van der Waals surface area contributed by atoms with Crippen LogP contribution >= 0.6 is 0 Å². The van der Waals surface area contributed by atoms with Crippen LogP contribution in [0.1, 0.15) is 30.9 Å². The van der Waals surface area contributed by atoms with E-state index in [-0.39, 0.29) is 6.10 Å². The molecule has 0 aromatic heterocycles. The molecule has 0 bridgehead atoms. The summed E-state index contributed by atoms with van der Waals surface area (Å²) in [4.78, 5) is 13.2. The number of carbonyl (C=O) groups is 1. The minimum atomic E-state index is -1.80. The second-order valence-corrected chi connectivity index (χ2v) is 7.45. The SMILES string of the molecule is CC[N@@+]1(C)CCC[C@@H](OC(=O)C(O)(c2ccccc2)c2ccccc2)C1. The molecule has 0 radical (unpaired) electrons. The van der Waals surface area contributed by atoms with Crippen molar-refractivity contribution in [2.24, 2.45) is 0 Å². The summed E-state index contributed by atoms with van der Waals surface area (Å²) in [5.41, 5.74) is -0.741. The average molecular weight is 354 g/mol. The molecule has 0 amide bonds. The largest absolute Gasteiger partial charge is 0.454 e. The van der Waals surface area contributed by atoms with E-state index in [0.717, 1.165) is 37.0 Å². The molecule has 138 valence electrons. The van der Waals surface area contributed by atoms with Crippen molar-refractivity contribution in [1.82, 2.24) is 0 Å². The van der Waals surface area contributed by atoms with Crippen LogP contribution in [-0.4, -0.2) is 48.3 Å². The fraction of sp³-hybridized carbons (Fsp3) is 0.409. The van der Waals surface area contributed by atoms with Crippen molar-refractivity contribution in [3.8, 4) is 0 Å². The predicted octanol–water partition coefficient (Wildman–Crippen LogP) is 3.09. The number of piperidine rings is 1. The molecule has 26 heavy (non-hydrogen) atoms. The fourth-order valence-electron chi connectivity index (χ4n) is 3.76. The van der Waals surface area contributed by atoms with Gasteiger partial charge >= 0.3 is 5.97 Å². The highest BCUT2D eigenvalue weighted by molar-refractivity contribution is 5.85. The Labute approximate surface area is 155 Å². The van der Waals surface area contributed by atoms with E-state index in [1.165, 1.54) is 0 Å². The number of carbonyl (C=O) groups excluding carboxylic acids is 1. The summed E-state index contributed by atoms with van der Waals surface area (Å²) >= 11 is 0. The lowest BCUT2D eigenvalue weighted by molar-refractivity contribution is -0.915. The third-order valence-electron chi connectivity index (χ3n) is 5.58. The van der Waals surface area contributed by atoms with E-state index in [9.17, 15) is 9.90 Å². The van der Waals surface area contributed by atoms with Gasteiger partial charge in [-0.15, -0.1) is 0 Å². The van der Waals surface area contributed by atoms with Crippen LogP contribution in [0.25, 0.3) is 0 Å². The van der Waals surface area contributed by atoms with Gasteiger partial charge in [0.15, 0.2) is 6.10 Å². The van der Waals surface area contributed by atoms with Crippen molar-refractivity contribution in [3.63, 3.8) is 0 Å². The van der Waals surface area contributed by atoms with Crippen LogP contribution in [0.4, 0.5) is 0 Å². The van der Waals surface area contributed by atoms with Gasteiger partial charge in [-0.05, 0) is 24.5 Å². The third kappa shape index (κ3) is 3.67. The highest BCUT2D eigenvalue weighted by atomic mass is 16.6. The van der Waals surface area contributed by atoms with Gasteiger partial charge < -0.3 is 14.3 Å². The maximum absolute atomic E-state index is 13.2. The second kappa shape index (κ2) is 7.60. The molecule has 1 fully saturated rings. The van der Waals surface area contributed by atoms with Crippen molar-refractivity contribution in [2.45, 2.75) is 31.5 Å². The van der Waals surface area contributed by atoms with Crippen molar-refractivity contribution in [1.29, 1.82) is 0 Å². The van der Waals surface area contributed by atoms with E-state index in [2.05, 4.69) is 14.0 Å². The molecule has 1 aliphatic rings. The summed E-state index contributed by atoms with van der Waals surface area (Å²) in [7, 11) is 2.20. The summed E-state index contributed by atoms with van der Waals surface area (Å²) in [6.07, 6.45) is 1.71. The van der Waals surface area contributed by atoms with Crippen molar-refractivity contribution < 1.29 is 19.1 Å². The first kappa shape index (κ1) is 18.6. The molecule has 1 heterocycles. The maximum Gasteiger partial charge on any atom is 0.348 e. The van der Waals surface area contributed by atoms with E-state index in [0.29, 0.717) is 11.1 Å². The van der Waals surface area contributed by atoms with Gasteiger partial charge in [0.2, 0.25) is 5.60 Å². The standard InChI is InChI=1S/C22H28NO3/c1-3-23(2)16-10-15-20(17-23)26-21(24)22(25,18-11-6-4-7-12-18)19-13-8-5-9-14-19/h4-9,11-14,20,25H,3,10,15-17H2,1-2H3/q+1/t20-,23+/m1/s1. The Bertz CT molecular complexity index is 692. The predicted molar refractivity (Wildman–Crippen MR) is 101 cm³/mol. The van der Waals surface area contributed by atoms with Crippen LogP contribution < -0.4 is 0 Å². The number of esters is 1. The summed E-state index contributed by atoms with van der Waals surface area (Å²) in [6, 6.07) is 18.1. The second-order valence-electron chi connectivity index (χ2n) is 7.45. The number of ether oxygens (including phenoxy) is 1. The van der Waals surface area contributed by atoms with Gasteiger partial charge in [-0.25, -0.2) is 4.79 Å². The number of rotatable bonds is 5.